The van der Waals surface area contributed by atoms with Crippen molar-refractivity contribution in [3.8, 4) is 22.5 Å². The number of amides is 1. The average molecular weight is 511 g/mol. The van der Waals surface area contributed by atoms with Gasteiger partial charge >= 0.3 is 0 Å². The highest BCUT2D eigenvalue weighted by Crippen LogP contribution is 2.47. The molecule has 8 heteroatoms. The number of carbonyl (C=O) groups is 1. The molecule has 1 unspecified atom stereocenters. The van der Waals surface area contributed by atoms with E-state index in [2.05, 4.69) is 15.1 Å². The topological polar surface area (TPSA) is 72.0 Å². The van der Waals surface area contributed by atoms with Crippen LogP contribution in [0.3, 0.4) is 0 Å². The molecule has 4 aromatic rings. The highest BCUT2D eigenvalue weighted by Gasteiger charge is 2.47. The summed E-state index contributed by atoms with van der Waals surface area (Å²) in [6.07, 6.45) is 5.35. The maximum atomic E-state index is 15.5. The lowest BCUT2D eigenvalue weighted by Gasteiger charge is -2.31. The summed E-state index contributed by atoms with van der Waals surface area (Å²) in [5, 5.41) is 3.29. The van der Waals surface area contributed by atoms with Gasteiger partial charge < -0.3 is 19.4 Å². The van der Waals surface area contributed by atoms with E-state index in [9.17, 15) is 4.79 Å². The Labute approximate surface area is 220 Å². The van der Waals surface area contributed by atoms with Gasteiger partial charge in [0.1, 0.15) is 17.1 Å². The number of anilines is 1. The van der Waals surface area contributed by atoms with Crippen LogP contribution in [0.25, 0.3) is 38.4 Å². The fourth-order valence-corrected chi connectivity index (χ4v) is 5.16. The summed E-state index contributed by atoms with van der Waals surface area (Å²) < 4.78 is 27.5. The molecule has 1 aliphatic carbocycles. The van der Waals surface area contributed by atoms with Gasteiger partial charge in [-0.15, -0.1) is 0 Å². The third kappa shape index (κ3) is 4.39. The molecular formula is C30H27FN4O3. The molecule has 1 spiro atoms. The molecular weight excluding hydrogens is 483 g/mol. The molecule has 3 heterocycles. The monoisotopic (exact) mass is 510 g/mol. The lowest BCUT2D eigenvalue weighted by Crippen LogP contribution is -2.35. The molecule has 2 aromatic carbocycles. The van der Waals surface area contributed by atoms with Gasteiger partial charge in [-0.1, -0.05) is 12.1 Å². The smallest absolute Gasteiger partial charge is 0.253 e. The Balaban J connectivity index is 1.32. The lowest BCUT2D eigenvalue weighted by molar-refractivity contribution is -0.00883. The van der Waals surface area contributed by atoms with E-state index in [1.54, 1.807) is 44.6 Å². The Hall–Kier alpha value is -4.22. The first-order chi connectivity index (χ1) is 18.4. The quantitative estimate of drug-likeness (QED) is 0.303. The summed E-state index contributed by atoms with van der Waals surface area (Å²) in [5.41, 5.74) is 4.12. The molecule has 2 fully saturated rings. The fraction of sp³-hybridized carbons (Fsp3) is 0.300. The maximum absolute atomic E-state index is 15.5. The second kappa shape index (κ2) is 9.26. The Kier molecular flexibility index (Phi) is 5.88. The lowest BCUT2D eigenvalue weighted by atomic mass is 10.00. The molecule has 1 saturated heterocycles. The molecule has 6 rings (SSSR count). The first-order valence-corrected chi connectivity index (χ1v) is 12.7. The number of carbonyl (C=O) groups excluding carboxylic acids is 1. The van der Waals surface area contributed by atoms with Gasteiger partial charge in [0, 0.05) is 55.7 Å². The standard InChI is InChI=1S/C30H27FN4O3/c1-32-24-15-20(14-23(31)27(24)34-21-9-13-37-30(17-21)10-11-30)22-8-12-33-25-16-26(38-28(22)25)18-4-6-19(7-5-18)29(36)35(2)3/h4-8,12,14-16,21,34H,9-11,13,17H2,2-3H3. The molecule has 38 heavy (non-hydrogen) atoms. The summed E-state index contributed by atoms with van der Waals surface area (Å²) in [7, 11) is 3.42. The number of ether oxygens (including phenoxy) is 1. The zero-order valence-electron chi connectivity index (χ0n) is 21.3. The number of nitrogens with one attached hydrogen (secondary N) is 1. The van der Waals surface area contributed by atoms with Crippen molar-refractivity contribution in [3.63, 3.8) is 0 Å². The van der Waals surface area contributed by atoms with E-state index in [-0.39, 0.29) is 28.9 Å². The van der Waals surface area contributed by atoms with E-state index in [0.29, 0.717) is 40.2 Å². The van der Waals surface area contributed by atoms with Crippen LogP contribution in [0.15, 0.2) is 59.1 Å². The Bertz CT molecular complexity index is 1580. The molecule has 2 aromatic heterocycles. The number of benzene rings is 2. The first kappa shape index (κ1) is 24.1. The van der Waals surface area contributed by atoms with Crippen molar-refractivity contribution in [1.29, 1.82) is 0 Å². The number of rotatable bonds is 5. The molecule has 1 aliphatic heterocycles. The van der Waals surface area contributed by atoms with Crippen molar-refractivity contribution in [1.82, 2.24) is 9.88 Å². The number of aromatic nitrogens is 1. The van der Waals surface area contributed by atoms with Crippen LogP contribution in [0.5, 0.6) is 0 Å². The molecule has 192 valence electrons. The molecule has 7 nitrogen and oxygen atoms in total. The van der Waals surface area contributed by atoms with Crippen molar-refractivity contribution >= 4 is 28.4 Å². The van der Waals surface area contributed by atoms with Gasteiger partial charge in [0.2, 0.25) is 5.69 Å². The minimum Gasteiger partial charge on any atom is -0.454 e. The second-order valence-electron chi connectivity index (χ2n) is 10.3. The normalized spacial score (nSPS) is 17.8. The number of nitrogens with zero attached hydrogens (tertiary/aromatic N) is 3. The molecule has 2 aliphatic rings. The van der Waals surface area contributed by atoms with Crippen LogP contribution in [0.4, 0.5) is 15.8 Å². The summed E-state index contributed by atoms with van der Waals surface area (Å²) >= 11 is 0. The van der Waals surface area contributed by atoms with Gasteiger partial charge in [-0.05, 0) is 61.6 Å². The summed E-state index contributed by atoms with van der Waals surface area (Å²) in [6, 6.07) is 14.0. The number of furan rings is 1. The van der Waals surface area contributed by atoms with Gasteiger partial charge in [-0.25, -0.2) is 9.24 Å². The van der Waals surface area contributed by atoms with E-state index >= 15 is 4.39 Å². The predicted octanol–water partition coefficient (Wildman–Crippen LogP) is 6.68. The van der Waals surface area contributed by atoms with E-state index in [1.807, 2.05) is 18.2 Å². The van der Waals surface area contributed by atoms with Crippen molar-refractivity contribution < 1.29 is 18.3 Å². The molecule has 0 bridgehead atoms. The van der Waals surface area contributed by atoms with Crippen molar-refractivity contribution in [2.75, 3.05) is 26.0 Å². The Morgan fingerprint density at radius 1 is 1.16 bits per heavy atom. The number of fused-ring (bicyclic) bond motifs is 1. The molecule has 1 saturated carbocycles. The highest BCUT2D eigenvalue weighted by molar-refractivity contribution is 5.96. The zero-order valence-corrected chi connectivity index (χ0v) is 21.3. The van der Waals surface area contributed by atoms with Crippen LogP contribution in [0, 0.1) is 12.4 Å². The average Bonchev–Trinajstić information content (AvgIpc) is 3.51. The minimum absolute atomic E-state index is 0.0492. The summed E-state index contributed by atoms with van der Waals surface area (Å²) in [6.45, 7) is 8.38. The minimum atomic E-state index is -0.470. The van der Waals surface area contributed by atoms with Crippen LogP contribution in [-0.2, 0) is 4.74 Å². The van der Waals surface area contributed by atoms with E-state index in [0.717, 1.165) is 31.2 Å². The van der Waals surface area contributed by atoms with E-state index in [4.69, 9.17) is 15.7 Å². The van der Waals surface area contributed by atoms with Gasteiger partial charge in [-0.2, -0.15) is 0 Å². The van der Waals surface area contributed by atoms with Crippen LogP contribution < -0.4 is 5.32 Å². The van der Waals surface area contributed by atoms with Crippen LogP contribution in [0.2, 0.25) is 0 Å². The predicted molar refractivity (Wildman–Crippen MR) is 144 cm³/mol. The van der Waals surface area contributed by atoms with Crippen LogP contribution in [-0.4, -0.2) is 48.1 Å². The summed E-state index contributed by atoms with van der Waals surface area (Å²) in [5.74, 6) is 0.0359. The second-order valence-corrected chi connectivity index (χ2v) is 10.3. The van der Waals surface area contributed by atoms with Crippen molar-refractivity contribution in [2.45, 2.75) is 37.3 Å². The van der Waals surface area contributed by atoms with Gasteiger partial charge in [-0.3, -0.25) is 9.78 Å². The SMILES string of the molecule is [C-]#[N+]c1cc(-c2ccnc3cc(-c4ccc(C(=O)N(C)C)cc4)oc23)cc(F)c1NC1CCOC2(CC2)C1. The summed E-state index contributed by atoms with van der Waals surface area (Å²) in [4.78, 5) is 21.8. The van der Waals surface area contributed by atoms with E-state index in [1.165, 1.54) is 11.0 Å². The number of halogens is 1. The van der Waals surface area contributed by atoms with Crippen molar-refractivity contribution in [3.05, 3.63) is 77.5 Å². The molecule has 1 N–H and O–H groups in total. The van der Waals surface area contributed by atoms with E-state index < -0.39 is 5.82 Å². The van der Waals surface area contributed by atoms with Gasteiger partial charge in [0.05, 0.1) is 17.9 Å². The largest absolute Gasteiger partial charge is 0.454 e. The van der Waals surface area contributed by atoms with Crippen LogP contribution >= 0.6 is 0 Å². The number of hydrogen-bond acceptors (Lipinski definition) is 5. The molecule has 0 radical (unpaired) electrons. The Morgan fingerprint density at radius 3 is 2.66 bits per heavy atom. The van der Waals surface area contributed by atoms with Crippen molar-refractivity contribution in [2.24, 2.45) is 0 Å². The van der Waals surface area contributed by atoms with Gasteiger partial charge in [0.15, 0.2) is 5.58 Å². The Morgan fingerprint density at radius 2 is 1.95 bits per heavy atom. The highest BCUT2D eigenvalue weighted by atomic mass is 19.1. The first-order valence-electron chi connectivity index (χ1n) is 12.7. The third-order valence-corrected chi connectivity index (χ3v) is 7.38. The fourth-order valence-electron chi connectivity index (χ4n) is 5.16. The zero-order chi connectivity index (χ0) is 26.4. The molecule has 1 atom stereocenters. The van der Waals surface area contributed by atoms with Gasteiger partial charge in [0.25, 0.3) is 5.91 Å². The number of hydrogen-bond donors (Lipinski definition) is 1. The number of pyridine rings is 1. The maximum Gasteiger partial charge on any atom is 0.253 e. The molecule has 1 amide bonds. The third-order valence-electron chi connectivity index (χ3n) is 7.38. The van der Waals surface area contributed by atoms with Crippen LogP contribution in [0.1, 0.15) is 36.0 Å².